The van der Waals surface area contributed by atoms with Crippen LogP contribution in [0.3, 0.4) is 0 Å². The minimum absolute atomic E-state index is 0.173. The maximum Gasteiger partial charge on any atom is 0.265 e. The van der Waals surface area contributed by atoms with E-state index in [0.717, 1.165) is 29.8 Å². The van der Waals surface area contributed by atoms with Crippen molar-refractivity contribution in [3.63, 3.8) is 0 Å². The third kappa shape index (κ3) is 6.49. The van der Waals surface area contributed by atoms with Gasteiger partial charge in [-0.1, -0.05) is 59.6 Å². The molecular weight excluding hydrogens is 567 g/mol. The SMILES string of the molecule is CN(C(=O)CN1C(=O)COc2cc(Cl)c(Cl)cc21)C(CN1CCOCC1)c1ccc(-c2ccc(C(N)=O)cc2)cc1. The molecule has 2 aliphatic rings. The summed E-state index contributed by atoms with van der Waals surface area (Å²) in [5.74, 6) is -0.644. The van der Waals surface area contributed by atoms with Gasteiger partial charge in [0.25, 0.3) is 5.91 Å². The zero-order valence-corrected chi connectivity index (χ0v) is 24.0. The maximum atomic E-state index is 13.7. The van der Waals surface area contributed by atoms with Crippen LogP contribution in [0.15, 0.2) is 60.7 Å². The Morgan fingerprint density at radius 2 is 1.59 bits per heavy atom. The first-order chi connectivity index (χ1) is 19.7. The number of hydrogen-bond acceptors (Lipinski definition) is 6. The average Bonchev–Trinajstić information content (AvgIpc) is 2.98. The predicted molar refractivity (Wildman–Crippen MR) is 157 cm³/mol. The number of morpholine rings is 1. The van der Waals surface area contributed by atoms with Gasteiger partial charge in [-0.05, 0) is 34.9 Å². The van der Waals surface area contributed by atoms with Crippen LogP contribution in [0.2, 0.25) is 10.0 Å². The second-order valence-corrected chi connectivity index (χ2v) is 10.8. The van der Waals surface area contributed by atoms with E-state index in [1.165, 1.54) is 4.90 Å². The van der Waals surface area contributed by atoms with Crippen molar-refractivity contribution in [2.75, 3.05) is 57.9 Å². The first kappa shape index (κ1) is 28.9. The van der Waals surface area contributed by atoms with Crippen LogP contribution in [0.1, 0.15) is 22.0 Å². The fraction of sp³-hybridized carbons (Fsp3) is 0.300. The summed E-state index contributed by atoms with van der Waals surface area (Å²) in [4.78, 5) is 43.3. The molecule has 214 valence electrons. The lowest BCUT2D eigenvalue weighted by Gasteiger charge is -2.37. The summed E-state index contributed by atoms with van der Waals surface area (Å²) in [5.41, 5.74) is 9.09. The van der Waals surface area contributed by atoms with E-state index in [9.17, 15) is 14.4 Å². The van der Waals surface area contributed by atoms with Gasteiger partial charge in [-0.25, -0.2) is 0 Å². The fourth-order valence-electron chi connectivity index (χ4n) is 4.99. The molecule has 1 atom stereocenters. The lowest BCUT2D eigenvalue weighted by molar-refractivity contribution is -0.133. The Bertz CT molecular complexity index is 1440. The van der Waals surface area contributed by atoms with Gasteiger partial charge in [0.1, 0.15) is 12.3 Å². The van der Waals surface area contributed by atoms with Crippen LogP contribution in [0, 0.1) is 0 Å². The molecule has 0 radical (unpaired) electrons. The lowest BCUT2D eigenvalue weighted by Crippen LogP contribution is -2.48. The van der Waals surface area contributed by atoms with Gasteiger partial charge in [-0.2, -0.15) is 0 Å². The molecule has 2 heterocycles. The average molecular weight is 597 g/mol. The number of carbonyl (C=O) groups excluding carboxylic acids is 3. The zero-order chi connectivity index (χ0) is 29.1. The van der Waals surface area contributed by atoms with E-state index >= 15 is 0 Å². The fourth-order valence-corrected chi connectivity index (χ4v) is 5.31. The number of anilines is 1. The topological polar surface area (TPSA) is 105 Å². The molecule has 0 bridgehead atoms. The Morgan fingerprint density at radius 1 is 0.976 bits per heavy atom. The van der Waals surface area contributed by atoms with Crippen LogP contribution in [0.25, 0.3) is 11.1 Å². The van der Waals surface area contributed by atoms with Crippen molar-refractivity contribution < 1.29 is 23.9 Å². The smallest absolute Gasteiger partial charge is 0.265 e. The summed E-state index contributed by atoms with van der Waals surface area (Å²) in [7, 11) is 1.75. The Hall–Kier alpha value is -3.63. The van der Waals surface area contributed by atoms with Crippen LogP contribution in [-0.2, 0) is 14.3 Å². The summed E-state index contributed by atoms with van der Waals surface area (Å²) in [6, 6.07) is 17.9. The molecule has 0 aromatic heterocycles. The monoisotopic (exact) mass is 596 g/mol. The molecule has 3 amide bonds. The number of benzene rings is 3. The highest BCUT2D eigenvalue weighted by molar-refractivity contribution is 6.42. The lowest BCUT2D eigenvalue weighted by atomic mass is 9.98. The van der Waals surface area contributed by atoms with E-state index in [1.807, 2.05) is 36.4 Å². The minimum atomic E-state index is -0.472. The van der Waals surface area contributed by atoms with Gasteiger partial charge in [0, 0.05) is 38.3 Å². The third-order valence-electron chi connectivity index (χ3n) is 7.43. The van der Waals surface area contributed by atoms with Gasteiger partial charge in [0.15, 0.2) is 6.61 Å². The second-order valence-electron chi connectivity index (χ2n) is 10.00. The van der Waals surface area contributed by atoms with Crippen LogP contribution in [0.5, 0.6) is 5.75 Å². The number of carbonyl (C=O) groups is 3. The number of ether oxygens (including phenoxy) is 2. The number of likely N-dealkylation sites (N-methyl/N-ethyl adjacent to an activating group) is 1. The summed E-state index contributed by atoms with van der Waals surface area (Å²) in [6.45, 7) is 3.02. The number of fused-ring (bicyclic) bond motifs is 1. The Labute approximate surface area is 248 Å². The molecule has 41 heavy (non-hydrogen) atoms. The molecule has 2 N–H and O–H groups in total. The molecule has 9 nitrogen and oxygen atoms in total. The number of rotatable bonds is 8. The van der Waals surface area contributed by atoms with Gasteiger partial charge in [-0.3, -0.25) is 24.2 Å². The quantitative estimate of drug-likeness (QED) is 0.421. The molecule has 1 unspecified atom stereocenters. The van der Waals surface area contributed by atoms with E-state index in [1.54, 1.807) is 36.2 Å². The van der Waals surface area contributed by atoms with Gasteiger partial charge < -0.3 is 20.1 Å². The highest BCUT2D eigenvalue weighted by atomic mass is 35.5. The molecule has 2 aliphatic heterocycles. The summed E-state index contributed by atoms with van der Waals surface area (Å²) < 4.78 is 11.0. The maximum absolute atomic E-state index is 13.7. The molecule has 0 aliphatic carbocycles. The van der Waals surface area contributed by atoms with E-state index in [2.05, 4.69) is 4.90 Å². The first-order valence-electron chi connectivity index (χ1n) is 13.2. The van der Waals surface area contributed by atoms with Gasteiger partial charge in [0.2, 0.25) is 11.8 Å². The minimum Gasteiger partial charge on any atom is -0.482 e. The van der Waals surface area contributed by atoms with Crippen molar-refractivity contribution in [2.24, 2.45) is 5.73 Å². The molecule has 1 fully saturated rings. The van der Waals surface area contributed by atoms with Crippen molar-refractivity contribution in [3.05, 3.63) is 81.8 Å². The van der Waals surface area contributed by atoms with Crippen molar-refractivity contribution >= 4 is 46.6 Å². The van der Waals surface area contributed by atoms with Crippen LogP contribution in [-0.4, -0.2) is 80.6 Å². The van der Waals surface area contributed by atoms with E-state index in [-0.39, 0.29) is 36.0 Å². The highest BCUT2D eigenvalue weighted by Gasteiger charge is 2.32. The normalized spacial score (nSPS) is 16.1. The first-order valence-corrected chi connectivity index (χ1v) is 13.9. The second kappa shape index (κ2) is 12.5. The van der Waals surface area contributed by atoms with Crippen LogP contribution >= 0.6 is 23.2 Å². The van der Waals surface area contributed by atoms with Crippen molar-refractivity contribution in [2.45, 2.75) is 6.04 Å². The van der Waals surface area contributed by atoms with Gasteiger partial charge in [-0.15, -0.1) is 0 Å². The number of nitrogens with two attached hydrogens (primary N) is 1. The van der Waals surface area contributed by atoms with E-state index in [4.69, 9.17) is 38.4 Å². The van der Waals surface area contributed by atoms with Gasteiger partial charge >= 0.3 is 0 Å². The number of nitrogens with zero attached hydrogens (tertiary/aromatic N) is 3. The van der Waals surface area contributed by atoms with Crippen molar-refractivity contribution in [1.82, 2.24) is 9.80 Å². The Morgan fingerprint density at radius 3 is 2.22 bits per heavy atom. The number of amides is 3. The van der Waals surface area contributed by atoms with Crippen molar-refractivity contribution in [3.8, 4) is 16.9 Å². The van der Waals surface area contributed by atoms with E-state index < -0.39 is 5.91 Å². The molecule has 3 aromatic rings. The third-order valence-corrected chi connectivity index (χ3v) is 8.15. The number of halogens is 2. The summed E-state index contributed by atoms with van der Waals surface area (Å²) in [5, 5.41) is 0.574. The molecule has 3 aromatic carbocycles. The molecule has 5 rings (SSSR count). The Kier molecular flexibility index (Phi) is 8.79. The standard InChI is InChI=1S/C30H30Cl2N4O5/c1-34(28(37)17-36-25-14-23(31)24(32)15-27(25)41-18-29(36)38)26(16-35-10-12-40-13-11-35)21-6-2-19(3-7-21)20-4-8-22(9-5-20)30(33)39/h2-9,14-15,26H,10-13,16-18H2,1H3,(H2,33,39). The van der Waals surface area contributed by atoms with Crippen molar-refractivity contribution in [1.29, 1.82) is 0 Å². The van der Waals surface area contributed by atoms with E-state index in [0.29, 0.717) is 41.8 Å². The number of hydrogen-bond donors (Lipinski definition) is 1. The Balaban J connectivity index is 1.39. The molecule has 11 heteroatoms. The summed E-state index contributed by atoms with van der Waals surface area (Å²) in [6.07, 6.45) is 0. The number of primary amides is 1. The molecule has 0 saturated carbocycles. The van der Waals surface area contributed by atoms with Crippen LogP contribution < -0.4 is 15.4 Å². The van der Waals surface area contributed by atoms with Crippen LogP contribution in [0.4, 0.5) is 5.69 Å². The van der Waals surface area contributed by atoms with Gasteiger partial charge in [0.05, 0.1) is 35.0 Å². The summed E-state index contributed by atoms with van der Waals surface area (Å²) >= 11 is 12.4. The zero-order valence-electron chi connectivity index (χ0n) is 22.5. The predicted octanol–water partition coefficient (Wildman–Crippen LogP) is 4.02. The molecule has 0 spiro atoms. The highest BCUT2D eigenvalue weighted by Crippen LogP contribution is 2.39. The largest absolute Gasteiger partial charge is 0.482 e. The molecule has 1 saturated heterocycles. The molecular formula is C30H30Cl2N4O5.